The predicted molar refractivity (Wildman–Crippen MR) is 89.5 cm³/mol. The van der Waals surface area contributed by atoms with Crippen molar-refractivity contribution < 1.29 is 15.3 Å². The molecule has 0 heterocycles. The van der Waals surface area contributed by atoms with E-state index < -0.39 is 6.10 Å². The molecule has 1 unspecified atom stereocenters. The zero-order valence-electron chi connectivity index (χ0n) is 12.5. The second kappa shape index (κ2) is 6.55. The summed E-state index contributed by atoms with van der Waals surface area (Å²) >= 11 is 0. The molecule has 3 nitrogen and oxygen atoms in total. The second-order valence-corrected chi connectivity index (χ2v) is 5.52. The summed E-state index contributed by atoms with van der Waals surface area (Å²) in [6, 6.07) is 23.1. The Kier molecular flexibility index (Phi) is 4.31. The summed E-state index contributed by atoms with van der Waals surface area (Å²) in [4.78, 5) is 0. The van der Waals surface area contributed by atoms with E-state index in [9.17, 15) is 15.3 Å². The third kappa shape index (κ3) is 3.35. The number of phenolic OH excluding ortho intramolecular Hbond substituents is 2. The summed E-state index contributed by atoms with van der Waals surface area (Å²) in [7, 11) is 0. The molecule has 3 rings (SSSR count). The van der Waals surface area contributed by atoms with Gasteiger partial charge < -0.3 is 15.3 Å². The minimum atomic E-state index is -0.731. The lowest BCUT2D eigenvalue weighted by atomic mass is 9.83. The Hall–Kier alpha value is -2.78. The van der Waals surface area contributed by atoms with Crippen molar-refractivity contribution in [2.24, 2.45) is 0 Å². The van der Waals surface area contributed by atoms with Crippen LogP contribution in [-0.2, 0) is 0 Å². The lowest BCUT2D eigenvalue weighted by molar-refractivity contribution is 0.159. The summed E-state index contributed by atoms with van der Waals surface area (Å²) in [5.74, 6) is 0.0819. The summed E-state index contributed by atoms with van der Waals surface area (Å²) in [5, 5.41) is 29.9. The zero-order chi connectivity index (χ0) is 16.2. The van der Waals surface area contributed by atoms with Crippen molar-refractivity contribution in [1.82, 2.24) is 0 Å². The molecular formula is C20H18O3. The first-order valence-corrected chi connectivity index (χ1v) is 7.46. The highest BCUT2D eigenvalue weighted by Gasteiger charge is 2.24. The Morgan fingerprint density at radius 3 is 1.39 bits per heavy atom. The second-order valence-electron chi connectivity index (χ2n) is 5.52. The Morgan fingerprint density at radius 1 is 0.522 bits per heavy atom. The van der Waals surface area contributed by atoms with Crippen LogP contribution in [0.4, 0.5) is 0 Å². The van der Waals surface area contributed by atoms with E-state index in [0.29, 0.717) is 0 Å². The van der Waals surface area contributed by atoms with Gasteiger partial charge >= 0.3 is 0 Å². The smallest absolute Gasteiger partial charge is 0.115 e. The van der Waals surface area contributed by atoms with Crippen LogP contribution in [0.1, 0.15) is 28.7 Å². The lowest BCUT2D eigenvalue weighted by Crippen LogP contribution is -2.12. The van der Waals surface area contributed by atoms with Crippen molar-refractivity contribution in [3.8, 4) is 11.5 Å². The number of benzene rings is 3. The van der Waals surface area contributed by atoms with Crippen LogP contribution in [0.5, 0.6) is 11.5 Å². The monoisotopic (exact) mass is 306 g/mol. The number of aliphatic hydroxyl groups is 1. The first-order valence-electron chi connectivity index (χ1n) is 7.46. The van der Waals surface area contributed by atoms with Gasteiger partial charge in [0.2, 0.25) is 0 Å². The van der Waals surface area contributed by atoms with E-state index in [0.717, 1.165) is 16.7 Å². The molecule has 0 radical (unpaired) electrons. The molecular weight excluding hydrogens is 288 g/mol. The average molecular weight is 306 g/mol. The van der Waals surface area contributed by atoms with Crippen molar-refractivity contribution in [3.05, 3.63) is 95.6 Å². The van der Waals surface area contributed by atoms with Crippen LogP contribution in [0.15, 0.2) is 78.9 Å². The maximum absolute atomic E-state index is 10.9. The Morgan fingerprint density at radius 2 is 0.957 bits per heavy atom. The number of aliphatic hydroxyl groups excluding tert-OH is 1. The Bertz CT molecular complexity index is 704. The molecule has 0 aromatic heterocycles. The van der Waals surface area contributed by atoms with Gasteiger partial charge in [0.15, 0.2) is 0 Å². The Labute approximate surface area is 135 Å². The third-order valence-corrected chi connectivity index (χ3v) is 3.96. The van der Waals surface area contributed by atoms with Crippen LogP contribution in [0.25, 0.3) is 0 Å². The van der Waals surface area contributed by atoms with Gasteiger partial charge in [0.25, 0.3) is 0 Å². The number of hydrogen-bond donors (Lipinski definition) is 3. The summed E-state index contributed by atoms with van der Waals surface area (Å²) < 4.78 is 0. The maximum Gasteiger partial charge on any atom is 0.115 e. The summed E-state index contributed by atoms with van der Waals surface area (Å²) in [5.41, 5.74) is 2.60. The quantitative estimate of drug-likeness (QED) is 0.683. The van der Waals surface area contributed by atoms with Gasteiger partial charge in [-0.15, -0.1) is 0 Å². The number of rotatable bonds is 4. The summed E-state index contributed by atoms with van der Waals surface area (Å²) in [6.07, 6.45) is -0.731. The fraction of sp³-hybridized carbons (Fsp3) is 0.100. The average Bonchev–Trinajstić information content (AvgIpc) is 2.59. The molecule has 0 saturated heterocycles. The highest BCUT2D eigenvalue weighted by atomic mass is 16.3. The van der Waals surface area contributed by atoms with Crippen LogP contribution in [-0.4, -0.2) is 15.3 Å². The van der Waals surface area contributed by atoms with Gasteiger partial charge in [0, 0.05) is 5.92 Å². The van der Waals surface area contributed by atoms with E-state index in [-0.39, 0.29) is 17.4 Å². The number of hydrogen-bond acceptors (Lipinski definition) is 3. The van der Waals surface area contributed by atoms with Crippen molar-refractivity contribution in [1.29, 1.82) is 0 Å². The van der Waals surface area contributed by atoms with Crippen LogP contribution in [0.3, 0.4) is 0 Å². The van der Waals surface area contributed by atoms with E-state index >= 15 is 0 Å². The molecule has 116 valence electrons. The molecule has 0 aliphatic heterocycles. The van der Waals surface area contributed by atoms with Gasteiger partial charge in [0.1, 0.15) is 11.5 Å². The van der Waals surface area contributed by atoms with E-state index in [4.69, 9.17) is 0 Å². The number of aromatic hydroxyl groups is 2. The van der Waals surface area contributed by atoms with E-state index in [1.54, 1.807) is 48.5 Å². The SMILES string of the molecule is Oc1ccc(C(c2ccc(O)cc2)C(O)c2ccccc2)cc1. The first-order chi connectivity index (χ1) is 11.1. The van der Waals surface area contributed by atoms with Crippen LogP contribution in [0.2, 0.25) is 0 Å². The van der Waals surface area contributed by atoms with Gasteiger partial charge in [-0.3, -0.25) is 0 Å². The number of phenols is 2. The molecule has 0 amide bonds. The molecule has 0 fully saturated rings. The third-order valence-electron chi connectivity index (χ3n) is 3.96. The maximum atomic E-state index is 10.9. The van der Waals surface area contributed by atoms with Gasteiger partial charge in [-0.2, -0.15) is 0 Å². The minimum Gasteiger partial charge on any atom is -0.508 e. The molecule has 3 heteroatoms. The van der Waals surface area contributed by atoms with Crippen molar-refractivity contribution >= 4 is 0 Å². The molecule has 0 aliphatic carbocycles. The van der Waals surface area contributed by atoms with Gasteiger partial charge in [-0.25, -0.2) is 0 Å². The zero-order valence-corrected chi connectivity index (χ0v) is 12.5. The van der Waals surface area contributed by atoms with Gasteiger partial charge in [-0.05, 0) is 41.0 Å². The molecule has 0 aliphatic rings. The summed E-state index contributed by atoms with van der Waals surface area (Å²) in [6.45, 7) is 0. The van der Waals surface area contributed by atoms with E-state index in [1.165, 1.54) is 0 Å². The minimum absolute atomic E-state index is 0.187. The van der Waals surface area contributed by atoms with Crippen LogP contribution in [0, 0.1) is 0 Å². The molecule has 3 aromatic rings. The van der Waals surface area contributed by atoms with Crippen molar-refractivity contribution in [2.75, 3.05) is 0 Å². The lowest BCUT2D eigenvalue weighted by Gasteiger charge is -2.24. The molecule has 3 aromatic carbocycles. The molecule has 3 N–H and O–H groups in total. The van der Waals surface area contributed by atoms with Crippen LogP contribution < -0.4 is 0 Å². The normalized spacial score (nSPS) is 12.3. The fourth-order valence-electron chi connectivity index (χ4n) is 2.76. The fourth-order valence-corrected chi connectivity index (χ4v) is 2.76. The topological polar surface area (TPSA) is 60.7 Å². The van der Waals surface area contributed by atoms with Crippen molar-refractivity contribution in [3.63, 3.8) is 0 Å². The van der Waals surface area contributed by atoms with Crippen LogP contribution >= 0.6 is 0 Å². The predicted octanol–water partition coefficient (Wildman–Crippen LogP) is 3.96. The largest absolute Gasteiger partial charge is 0.508 e. The molecule has 1 atom stereocenters. The first kappa shape index (κ1) is 15.1. The Balaban J connectivity index is 2.06. The van der Waals surface area contributed by atoms with Gasteiger partial charge in [-0.1, -0.05) is 54.6 Å². The standard InChI is InChI=1S/C20H18O3/c21-17-10-6-14(7-11-17)19(15-8-12-18(22)13-9-15)20(23)16-4-2-1-3-5-16/h1-13,19-23H. The highest BCUT2D eigenvalue weighted by Crippen LogP contribution is 2.37. The molecule has 0 bridgehead atoms. The van der Waals surface area contributed by atoms with Gasteiger partial charge in [0.05, 0.1) is 6.10 Å². The van der Waals surface area contributed by atoms with Crippen molar-refractivity contribution in [2.45, 2.75) is 12.0 Å². The highest BCUT2D eigenvalue weighted by molar-refractivity contribution is 5.40. The van der Waals surface area contributed by atoms with E-state index in [2.05, 4.69) is 0 Å². The molecule has 0 saturated carbocycles. The molecule has 0 spiro atoms. The molecule has 23 heavy (non-hydrogen) atoms. The van der Waals surface area contributed by atoms with E-state index in [1.807, 2.05) is 30.3 Å².